The van der Waals surface area contributed by atoms with Crippen LogP contribution in [0.3, 0.4) is 0 Å². The van der Waals surface area contributed by atoms with Crippen LogP contribution in [0.5, 0.6) is 0 Å². The second kappa shape index (κ2) is 7.39. The van der Waals surface area contributed by atoms with Crippen LogP contribution in [-0.2, 0) is 19.2 Å². The molecule has 1 aliphatic heterocycles. The topological polar surface area (TPSA) is 51.3 Å². The van der Waals surface area contributed by atoms with Gasteiger partial charge in [-0.3, -0.25) is 4.79 Å². The Labute approximate surface area is 177 Å². The lowest BCUT2D eigenvalue weighted by Crippen LogP contribution is -2.38. The van der Waals surface area contributed by atoms with Crippen LogP contribution in [0, 0.1) is 0 Å². The molecular weight excluding hydrogens is 402 g/mol. The third kappa shape index (κ3) is 3.18. The van der Waals surface area contributed by atoms with E-state index in [0.717, 1.165) is 34.7 Å². The Kier molecular flexibility index (Phi) is 4.72. The van der Waals surface area contributed by atoms with Crippen LogP contribution in [0.15, 0.2) is 57.7 Å². The van der Waals surface area contributed by atoms with Crippen molar-refractivity contribution >= 4 is 40.0 Å². The highest BCUT2D eigenvalue weighted by molar-refractivity contribution is 7.98. The molecule has 1 atom stereocenters. The molecule has 1 aliphatic rings. The van der Waals surface area contributed by atoms with Crippen LogP contribution >= 0.6 is 23.1 Å². The largest absolute Gasteiger partial charge is 0.451 e. The molecular formula is C22H21N3O2S2. The fourth-order valence-electron chi connectivity index (χ4n) is 3.96. The van der Waals surface area contributed by atoms with E-state index < -0.39 is 0 Å². The van der Waals surface area contributed by atoms with Crippen molar-refractivity contribution in [1.29, 1.82) is 0 Å². The van der Waals surface area contributed by atoms with Gasteiger partial charge < -0.3 is 13.9 Å². The molecule has 0 bridgehead atoms. The fourth-order valence-corrected chi connectivity index (χ4v) is 5.88. The number of hydrogen-bond acceptors (Lipinski definition) is 5. The molecule has 1 aromatic carbocycles. The summed E-state index contributed by atoms with van der Waals surface area (Å²) in [6, 6.07) is 10.1. The Balaban J connectivity index is 1.51. The molecule has 148 valence electrons. The SMILES string of the molecule is CC1c2ccsc2CCN1C(=O)c1oc2ccccc2c1CSc1nccn1C. The summed E-state index contributed by atoms with van der Waals surface area (Å²) in [5.41, 5.74) is 2.96. The maximum absolute atomic E-state index is 13.6. The number of benzene rings is 1. The molecule has 1 unspecified atom stereocenters. The van der Waals surface area contributed by atoms with E-state index in [1.165, 1.54) is 10.4 Å². The number of nitrogens with zero attached hydrogens (tertiary/aromatic N) is 3. The molecule has 5 rings (SSSR count). The summed E-state index contributed by atoms with van der Waals surface area (Å²) in [5.74, 6) is 1.06. The number of aromatic nitrogens is 2. The summed E-state index contributed by atoms with van der Waals surface area (Å²) in [7, 11) is 1.97. The molecule has 0 aliphatic carbocycles. The number of thiophene rings is 1. The molecule has 0 saturated heterocycles. The normalized spacial score (nSPS) is 16.3. The zero-order chi connectivity index (χ0) is 20.0. The molecule has 5 nitrogen and oxygen atoms in total. The van der Waals surface area contributed by atoms with Crippen molar-refractivity contribution in [2.45, 2.75) is 30.3 Å². The van der Waals surface area contributed by atoms with Gasteiger partial charge in [0.1, 0.15) is 5.58 Å². The number of aryl methyl sites for hydroxylation is 1. The third-order valence-corrected chi connectivity index (χ3v) is 7.63. The van der Waals surface area contributed by atoms with Crippen molar-refractivity contribution in [3.63, 3.8) is 0 Å². The van der Waals surface area contributed by atoms with Gasteiger partial charge in [0.05, 0.1) is 6.04 Å². The van der Waals surface area contributed by atoms with E-state index >= 15 is 0 Å². The summed E-state index contributed by atoms with van der Waals surface area (Å²) in [5, 5.41) is 4.03. The average Bonchev–Trinajstić information content (AvgIpc) is 3.44. The lowest BCUT2D eigenvalue weighted by atomic mass is 10.0. The summed E-state index contributed by atoms with van der Waals surface area (Å²) >= 11 is 3.40. The van der Waals surface area contributed by atoms with Gasteiger partial charge in [-0.1, -0.05) is 30.0 Å². The number of thioether (sulfide) groups is 1. The van der Waals surface area contributed by atoms with Gasteiger partial charge in [0.2, 0.25) is 0 Å². The first-order chi connectivity index (χ1) is 14.1. The second-order valence-electron chi connectivity index (χ2n) is 7.24. The summed E-state index contributed by atoms with van der Waals surface area (Å²) in [6.45, 7) is 2.82. The Morgan fingerprint density at radius 3 is 3.03 bits per heavy atom. The second-order valence-corrected chi connectivity index (χ2v) is 9.18. The van der Waals surface area contributed by atoms with Crippen molar-refractivity contribution in [1.82, 2.24) is 14.5 Å². The predicted octanol–water partition coefficient (Wildman–Crippen LogP) is 5.28. The Bertz CT molecular complexity index is 1190. The van der Waals surface area contributed by atoms with Crippen molar-refractivity contribution in [2.24, 2.45) is 7.05 Å². The van der Waals surface area contributed by atoms with Crippen LogP contribution in [0.25, 0.3) is 11.0 Å². The monoisotopic (exact) mass is 423 g/mol. The van der Waals surface area contributed by atoms with Gasteiger partial charge in [-0.25, -0.2) is 4.98 Å². The molecule has 29 heavy (non-hydrogen) atoms. The van der Waals surface area contributed by atoms with Crippen molar-refractivity contribution in [2.75, 3.05) is 6.54 Å². The molecule has 0 spiro atoms. The number of imidazole rings is 1. The predicted molar refractivity (Wildman–Crippen MR) is 116 cm³/mol. The highest BCUT2D eigenvalue weighted by Gasteiger charge is 2.32. The molecule has 4 heterocycles. The Hall–Kier alpha value is -2.51. The quantitative estimate of drug-likeness (QED) is 0.419. The standard InChI is InChI=1S/C22H21N3O2S2/c1-14-15-8-12-28-19(15)7-10-25(14)21(26)20-17(13-29-22-23-9-11-24(22)2)16-5-3-4-6-18(16)27-20/h3-6,8-9,11-12,14H,7,10,13H2,1-2H3. The molecule has 0 N–H and O–H groups in total. The maximum atomic E-state index is 13.6. The van der Waals surface area contributed by atoms with Crippen molar-refractivity contribution in [3.8, 4) is 0 Å². The minimum Gasteiger partial charge on any atom is -0.451 e. The first kappa shape index (κ1) is 18.5. The first-order valence-electron chi connectivity index (χ1n) is 9.61. The van der Waals surface area contributed by atoms with E-state index in [1.54, 1.807) is 29.3 Å². The van der Waals surface area contributed by atoms with Gasteiger partial charge in [-0.05, 0) is 36.4 Å². The average molecular weight is 424 g/mol. The summed E-state index contributed by atoms with van der Waals surface area (Å²) in [6.07, 6.45) is 4.62. The third-order valence-electron chi connectivity index (χ3n) is 5.55. The molecule has 0 saturated carbocycles. The van der Waals surface area contributed by atoms with Gasteiger partial charge >= 0.3 is 0 Å². The van der Waals surface area contributed by atoms with Crippen LogP contribution in [0.4, 0.5) is 0 Å². The number of hydrogen-bond donors (Lipinski definition) is 0. The van der Waals surface area contributed by atoms with Crippen molar-refractivity contribution < 1.29 is 9.21 Å². The van der Waals surface area contributed by atoms with Crippen LogP contribution in [0.2, 0.25) is 0 Å². The molecule has 4 aromatic rings. The molecule has 0 fully saturated rings. The number of carbonyl (C=O) groups is 1. The Morgan fingerprint density at radius 2 is 2.21 bits per heavy atom. The van der Waals surface area contributed by atoms with Crippen molar-refractivity contribution in [3.05, 3.63) is 69.9 Å². The lowest BCUT2D eigenvalue weighted by Gasteiger charge is -2.33. The molecule has 1 amide bonds. The van der Waals surface area contributed by atoms with E-state index in [2.05, 4.69) is 23.4 Å². The van der Waals surface area contributed by atoms with Gasteiger partial charge in [-0.2, -0.15) is 0 Å². The highest BCUT2D eigenvalue weighted by atomic mass is 32.2. The van der Waals surface area contributed by atoms with Crippen LogP contribution < -0.4 is 0 Å². The maximum Gasteiger partial charge on any atom is 0.290 e. The fraction of sp³-hybridized carbons (Fsp3) is 0.273. The van der Waals surface area contributed by atoms with Gasteiger partial charge in [0.25, 0.3) is 5.91 Å². The zero-order valence-corrected chi connectivity index (χ0v) is 17.9. The summed E-state index contributed by atoms with van der Waals surface area (Å²) in [4.78, 5) is 21.3. The number of para-hydroxylation sites is 1. The molecule has 3 aromatic heterocycles. The van der Waals surface area contributed by atoms with Gasteiger partial charge in [-0.15, -0.1) is 11.3 Å². The Morgan fingerprint density at radius 1 is 1.34 bits per heavy atom. The zero-order valence-electron chi connectivity index (χ0n) is 16.3. The molecule has 0 radical (unpaired) electrons. The van der Waals surface area contributed by atoms with Crippen LogP contribution in [-0.4, -0.2) is 26.9 Å². The van der Waals surface area contributed by atoms with E-state index in [-0.39, 0.29) is 11.9 Å². The van der Waals surface area contributed by atoms with E-state index in [0.29, 0.717) is 11.5 Å². The first-order valence-corrected chi connectivity index (χ1v) is 11.5. The van der Waals surface area contributed by atoms with E-state index in [1.807, 2.05) is 47.0 Å². The number of rotatable bonds is 4. The number of fused-ring (bicyclic) bond motifs is 2. The number of carbonyl (C=O) groups excluding carboxylic acids is 1. The van der Waals surface area contributed by atoms with Gasteiger partial charge in [0, 0.05) is 47.6 Å². The van der Waals surface area contributed by atoms with Crippen LogP contribution in [0.1, 0.15) is 39.5 Å². The van der Waals surface area contributed by atoms with E-state index in [4.69, 9.17) is 4.42 Å². The number of amides is 1. The lowest BCUT2D eigenvalue weighted by molar-refractivity contribution is 0.0648. The smallest absolute Gasteiger partial charge is 0.290 e. The highest BCUT2D eigenvalue weighted by Crippen LogP contribution is 2.37. The minimum absolute atomic E-state index is 0.0269. The summed E-state index contributed by atoms with van der Waals surface area (Å²) < 4.78 is 8.09. The number of furan rings is 1. The van der Waals surface area contributed by atoms with Gasteiger partial charge in [0.15, 0.2) is 10.9 Å². The van der Waals surface area contributed by atoms with E-state index in [9.17, 15) is 4.79 Å². The molecule has 7 heteroatoms. The minimum atomic E-state index is -0.0269.